The van der Waals surface area contributed by atoms with Gasteiger partial charge in [0.15, 0.2) is 0 Å². The Hall–Kier alpha value is -2.02. The van der Waals surface area contributed by atoms with Crippen LogP contribution in [-0.2, 0) is 9.47 Å². The van der Waals surface area contributed by atoms with Crippen molar-refractivity contribution in [1.29, 1.82) is 0 Å². The number of benzene rings is 1. The highest BCUT2D eigenvalue weighted by Gasteiger charge is 2.38. The summed E-state index contributed by atoms with van der Waals surface area (Å²) < 4.78 is 29.8. The quantitative estimate of drug-likeness (QED) is 0.853. The average Bonchev–Trinajstić information content (AvgIpc) is 2.78. The van der Waals surface area contributed by atoms with E-state index in [9.17, 15) is 9.18 Å². The molecule has 0 aliphatic carbocycles. The van der Waals surface area contributed by atoms with Crippen molar-refractivity contribution in [2.75, 3.05) is 26.0 Å². The average molecular weight is 340 g/mol. The molecule has 0 aromatic heterocycles. The first kappa shape index (κ1) is 18.3. The van der Waals surface area contributed by atoms with Gasteiger partial charge in [-0.05, 0) is 26.8 Å². The van der Waals surface area contributed by atoms with Crippen molar-refractivity contribution in [3.8, 4) is 5.75 Å². The third kappa shape index (κ3) is 4.99. The van der Waals surface area contributed by atoms with Crippen molar-refractivity contribution >= 4 is 11.8 Å². The van der Waals surface area contributed by atoms with Gasteiger partial charge in [0.05, 0.1) is 19.2 Å². The van der Waals surface area contributed by atoms with Gasteiger partial charge in [0.2, 0.25) is 0 Å². The van der Waals surface area contributed by atoms with E-state index < -0.39 is 17.5 Å². The van der Waals surface area contributed by atoms with E-state index in [-0.39, 0.29) is 12.1 Å². The summed E-state index contributed by atoms with van der Waals surface area (Å²) in [5.41, 5.74) is 5.34. The molecular formula is C17H25FN2O4. The zero-order valence-corrected chi connectivity index (χ0v) is 14.5. The number of carbonyl (C=O) groups is 1. The van der Waals surface area contributed by atoms with Gasteiger partial charge >= 0.3 is 6.09 Å². The number of nitrogens with zero attached hydrogens (tertiary/aromatic N) is 1. The van der Waals surface area contributed by atoms with Crippen molar-refractivity contribution in [2.45, 2.75) is 44.9 Å². The molecule has 0 spiro atoms. The lowest BCUT2D eigenvalue weighted by atomic mass is 10.2. The molecule has 2 rings (SSSR count). The minimum Gasteiger partial charge on any atom is -0.488 e. The number of anilines is 1. The predicted molar refractivity (Wildman–Crippen MR) is 88.4 cm³/mol. The van der Waals surface area contributed by atoms with Gasteiger partial charge in [0.1, 0.15) is 23.3 Å². The molecule has 6 nitrogen and oxygen atoms in total. The van der Waals surface area contributed by atoms with Crippen LogP contribution in [0.2, 0.25) is 0 Å². The lowest BCUT2D eigenvalue weighted by Crippen LogP contribution is -2.42. The number of nitrogens with two attached hydrogens (primary N) is 1. The summed E-state index contributed by atoms with van der Waals surface area (Å²) in [7, 11) is 1.58. The first-order valence-electron chi connectivity index (χ1n) is 7.89. The van der Waals surface area contributed by atoms with E-state index in [1.54, 1.807) is 18.1 Å². The van der Waals surface area contributed by atoms with E-state index in [4.69, 9.17) is 19.9 Å². The Kier molecular flexibility index (Phi) is 5.54. The van der Waals surface area contributed by atoms with Gasteiger partial charge in [0.25, 0.3) is 0 Å². The van der Waals surface area contributed by atoms with Crippen LogP contribution in [-0.4, -0.2) is 49.0 Å². The highest BCUT2D eigenvalue weighted by atomic mass is 19.1. The number of ether oxygens (including phenoxy) is 3. The fourth-order valence-electron chi connectivity index (χ4n) is 2.70. The van der Waals surface area contributed by atoms with Crippen LogP contribution in [0.15, 0.2) is 18.2 Å². The summed E-state index contributed by atoms with van der Waals surface area (Å²) in [5.74, 6) is -0.111. The fourth-order valence-corrected chi connectivity index (χ4v) is 2.70. The zero-order chi connectivity index (χ0) is 17.9. The molecule has 1 saturated heterocycles. The van der Waals surface area contributed by atoms with Gasteiger partial charge in [-0.25, -0.2) is 9.18 Å². The molecular weight excluding hydrogens is 315 g/mol. The third-order valence-corrected chi connectivity index (χ3v) is 3.56. The number of rotatable bonds is 4. The lowest BCUT2D eigenvalue weighted by Gasteiger charge is -2.28. The largest absolute Gasteiger partial charge is 0.488 e. The molecule has 1 aliphatic rings. The van der Waals surface area contributed by atoms with Gasteiger partial charge in [-0.1, -0.05) is 0 Å². The Morgan fingerprint density at radius 2 is 2.08 bits per heavy atom. The summed E-state index contributed by atoms with van der Waals surface area (Å²) in [6.07, 6.45) is -0.114. The molecule has 24 heavy (non-hydrogen) atoms. The third-order valence-electron chi connectivity index (χ3n) is 3.56. The van der Waals surface area contributed by atoms with Gasteiger partial charge in [-0.3, -0.25) is 4.90 Å². The summed E-state index contributed by atoms with van der Waals surface area (Å²) >= 11 is 0. The fraction of sp³-hybridized carbons (Fsp3) is 0.588. The van der Waals surface area contributed by atoms with Gasteiger partial charge < -0.3 is 19.9 Å². The second-order valence-corrected chi connectivity index (χ2v) is 6.94. The monoisotopic (exact) mass is 340 g/mol. The van der Waals surface area contributed by atoms with Gasteiger partial charge in [-0.2, -0.15) is 0 Å². The number of halogens is 1. The van der Waals surface area contributed by atoms with Gasteiger partial charge in [0, 0.05) is 31.4 Å². The van der Waals surface area contributed by atoms with Crippen LogP contribution in [0.4, 0.5) is 14.9 Å². The molecule has 2 atom stereocenters. The molecule has 1 heterocycles. The second-order valence-electron chi connectivity index (χ2n) is 6.94. The van der Waals surface area contributed by atoms with Crippen molar-refractivity contribution < 1.29 is 23.4 Å². The van der Waals surface area contributed by atoms with E-state index in [0.29, 0.717) is 31.0 Å². The summed E-state index contributed by atoms with van der Waals surface area (Å²) in [6.45, 7) is 6.17. The van der Waals surface area contributed by atoms with E-state index in [2.05, 4.69) is 0 Å². The molecule has 0 radical (unpaired) electrons. The minimum absolute atomic E-state index is 0.152. The maximum absolute atomic E-state index is 13.4. The van der Waals surface area contributed by atoms with Crippen LogP contribution in [0.25, 0.3) is 0 Å². The number of likely N-dealkylation sites (tertiary alicyclic amines) is 1. The molecule has 1 aromatic carbocycles. The second kappa shape index (κ2) is 7.25. The minimum atomic E-state index is -0.579. The van der Waals surface area contributed by atoms with Crippen molar-refractivity contribution in [3.63, 3.8) is 0 Å². The van der Waals surface area contributed by atoms with Crippen molar-refractivity contribution in [1.82, 2.24) is 4.90 Å². The number of amides is 1. The number of methoxy groups -OCH3 is 1. The van der Waals surface area contributed by atoms with Crippen LogP contribution in [0.3, 0.4) is 0 Å². The first-order valence-corrected chi connectivity index (χ1v) is 7.89. The zero-order valence-electron chi connectivity index (χ0n) is 14.5. The number of carbonyl (C=O) groups excluding carboxylic acids is 1. The summed E-state index contributed by atoms with van der Waals surface area (Å²) in [6, 6.07) is 3.91. The Balaban J connectivity index is 2.07. The molecule has 1 fully saturated rings. The van der Waals surface area contributed by atoms with Crippen LogP contribution < -0.4 is 10.5 Å². The molecule has 0 bridgehead atoms. The molecule has 0 unspecified atom stereocenters. The molecule has 1 amide bonds. The molecule has 2 N–H and O–H groups in total. The van der Waals surface area contributed by atoms with E-state index in [0.717, 1.165) is 0 Å². The van der Waals surface area contributed by atoms with Crippen LogP contribution in [0.5, 0.6) is 5.75 Å². The topological polar surface area (TPSA) is 74.0 Å². The lowest BCUT2D eigenvalue weighted by molar-refractivity contribution is 0.0140. The Morgan fingerprint density at radius 1 is 1.38 bits per heavy atom. The van der Waals surface area contributed by atoms with Crippen LogP contribution >= 0.6 is 0 Å². The highest BCUT2D eigenvalue weighted by Crippen LogP contribution is 2.26. The van der Waals surface area contributed by atoms with E-state index in [1.807, 2.05) is 20.8 Å². The Morgan fingerprint density at radius 3 is 2.67 bits per heavy atom. The number of nitrogen functional groups attached to an aromatic ring is 1. The molecule has 1 aromatic rings. The predicted octanol–water partition coefficient (Wildman–Crippen LogP) is 2.81. The van der Waals surface area contributed by atoms with Gasteiger partial charge in [-0.15, -0.1) is 0 Å². The van der Waals surface area contributed by atoms with E-state index >= 15 is 0 Å². The van der Waals surface area contributed by atoms with Crippen LogP contribution in [0, 0.1) is 5.82 Å². The molecule has 0 saturated carbocycles. The first-order chi connectivity index (χ1) is 11.2. The molecule has 134 valence electrons. The van der Waals surface area contributed by atoms with E-state index in [1.165, 1.54) is 12.1 Å². The van der Waals surface area contributed by atoms with Crippen molar-refractivity contribution in [2.24, 2.45) is 0 Å². The Bertz CT molecular complexity index is 568. The summed E-state index contributed by atoms with van der Waals surface area (Å²) in [5, 5.41) is 0. The molecule has 1 aliphatic heterocycles. The summed E-state index contributed by atoms with van der Waals surface area (Å²) in [4.78, 5) is 14.0. The Labute approximate surface area is 141 Å². The normalized spacial score (nSPS) is 21.0. The number of hydrogen-bond donors (Lipinski definition) is 1. The maximum atomic E-state index is 13.4. The SMILES string of the molecule is COC[C@@H]1C[C@@H](Oc2cc(N)cc(F)c2)CN1C(=O)OC(C)(C)C. The molecule has 7 heteroatoms. The number of hydrogen-bond acceptors (Lipinski definition) is 5. The van der Waals surface area contributed by atoms with Crippen molar-refractivity contribution in [3.05, 3.63) is 24.0 Å². The highest BCUT2D eigenvalue weighted by molar-refractivity contribution is 5.69. The van der Waals surface area contributed by atoms with Crippen LogP contribution in [0.1, 0.15) is 27.2 Å². The maximum Gasteiger partial charge on any atom is 0.410 e. The standard InChI is InChI=1S/C17H25FN2O4/c1-17(2,3)24-16(21)20-9-15(8-13(20)10-22-4)23-14-6-11(18)5-12(19)7-14/h5-7,13,15H,8-10,19H2,1-4H3/t13-,15+/m0/s1. The smallest absolute Gasteiger partial charge is 0.410 e.